The van der Waals surface area contributed by atoms with Gasteiger partial charge in [-0.25, -0.2) is 9.97 Å². The molecule has 0 spiro atoms. The molecule has 4 aromatic rings. The highest BCUT2D eigenvalue weighted by molar-refractivity contribution is 6.31. The van der Waals surface area contributed by atoms with Crippen LogP contribution in [0.25, 0.3) is 16.9 Å². The molecule has 1 aliphatic carbocycles. The number of nitrogens with one attached hydrogen (secondary N) is 2. The van der Waals surface area contributed by atoms with E-state index in [0.717, 1.165) is 22.7 Å². The fourth-order valence-corrected chi connectivity index (χ4v) is 3.32. The van der Waals surface area contributed by atoms with E-state index in [1.807, 2.05) is 34.9 Å². The Balaban J connectivity index is 1.59. The average molecular weight is 381 g/mol. The van der Waals surface area contributed by atoms with Crippen LogP contribution in [-0.2, 0) is 0 Å². The average Bonchev–Trinajstić information content (AvgIpc) is 3.23. The van der Waals surface area contributed by atoms with Crippen LogP contribution < -0.4 is 10.1 Å². The van der Waals surface area contributed by atoms with Crippen molar-refractivity contribution < 1.29 is 4.74 Å². The molecule has 3 heterocycles. The van der Waals surface area contributed by atoms with Crippen LogP contribution in [0.4, 0.5) is 11.8 Å². The number of halogens is 1. The fourth-order valence-electron chi connectivity index (χ4n) is 3.15. The Labute approximate surface area is 160 Å². The highest BCUT2D eigenvalue weighted by Crippen LogP contribution is 2.39. The van der Waals surface area contributed by atoms with Crippen molar-refractivity contribution in [1.29, 1.82) is 0 Å². The highest BCUT2D eigenvalue weighted by Gasteiger charge is 2.25. The predicted molar refractivity (Wildman–Crippen MR) is 104 cm³/mol. The van der Waals surface area contributed by atoms with Crippen molar-refractivity contribution in [2.45, 2.75) is 18.8 Å². The Kier molecular flexibility index (Phi) is 3.75. The largest absolute Gasteiger partial charge is 0.496 e. The maximum atomic E-state index is 6.19. The first-order valence-electron chi connectivity index (χ1n) is 8.71. The summed E-state index contributed by atoms with van der Waals surface area (Å²) < 4.78 is 7.36. The highest BCUT2D eigenvalue weighted by atomic mass is 35.5. The molecule has 0 bridgehead atoms. The number of benzene rings is 1. The lowest BCUT2D eigenvalue weighted by Crippen LogP contribution is -2.03. The molecule has 0 aliphatic heterocycles. The van der Waals surface area contributed by atoms with Gasteiger partial charge in [0.25, 0.3) is 0 Å². The predicted octanol–water partition coefficient (Wildman–Crippen LogP) is 4.40. The molecule has 2 N–H and O–H groups in total. The number of ether oxygens (including phenoxy) is 1. The normalized spacial score (nSPS) is 13.9. The van der Waals surface area contributed by atoms with E-state index >= 15 is 0 Å². The summed E-state index contributed by atoms with van der Waals surface area (Å²) in [5.74, 6) is 2.66. The van der Waals surface area contributed by atoms with Crippen LogP contribution in [0.15, 0.2) is 42.7 Å². The Bertz CT molecular complexity index is 1130. The Morgan fingerprint density at radius 3 is 2.96 bits per heavy atom. The van der Waals surface area contributed by atoms with Gasteiger partial charge in [0.15, 0.2) is 5.82 Å². The summed E-state index contributed by atoms with van der Waals surface area (Å²) >= 11 is 6.19. The summed E-state index contributed by atoms with van der Waals surface area (Å²) in [6.45, 7) is 0. The van der Waals surface area contributed by atoms with Crippen molar-refractivity contribution >= 4 is 29.0 Å². The number of imidazole rings is 1. The minimum absolute atomic E-state index is 0.608. The lowest BCUT2D eigenvalue weighted by Gasteiger charge is -2.12. The van der Waals surface area contributed by atoms with Crippen LogP contribution in [0.1, 0.15) is 24.5 Å². The van der Waals surface area contributed by atoms with Gasteiger partial charge in [-0.15, -0.1) is 0 Å². The van der Waals surface area contributed by atoms with E-state index in [1.165, 1.54) is 12.8 Å². The molecule has 0 radical (unpaired) electrons. The summed E-state index contributed by atoms with van der Waals surface area (Å²) in [7, 11) is 1.63. The van der Waals surface area contributed by atoms with Gasteiger partial charge in [-0.2, -0.15) is 5.10 Å². The van der Waals surface area contributed by atoms with Crippen molar-refractivity contribution in [1.82, 2.24) is 24.6 Å². The number of hydrogen-bond acceptors (Lipinski definition) is 5. The molecule has 7 nitrogen and oxygen atoms in total. The summed E-state index contributed by atoms with van der Waals surface area (Å²) in [5.41, 5.74) is 3.45. The van der Waals surface area contributed by atoms with E-state index < -0.39 is 0 Å². The molecule has 5 rings (SSSR count). The van der Waals surface area contributed by atoms with Crippen LogP contribution >= 0.6 is 11.6 Å². The zero-order valence-electron chi connectivity index (χ0n) is 14.6. The summed E-state index contributed by atoms with van der Waals surface area (Å²) in [6.07, 6.45) is 6.03. The maximum Gasteiger partial charge on any atom is 0.215 e. The third-order valence-corrected chi connectivity index (χ3v) is 4.92. The second-order valence-corrected chi connectivity index (χ2v) is 7.01. The van der Waals surface area contributed by atoms with Crippen molar-refractivity contribution in [2.75, 3.05) is 12.4 Å². The van der Waals surface area contributed by atoms with E-state index in [9.17, 15) is 0 Å². The third-order valence-electron chi connectivity index (χ3n) is 4.68. The number of rotatable bonds is 5. The first-order chi connectivity index (χ1) is 13.2. The standard InChI is InChI=1S/C19H17ClN6O/c1-27-16-5-4-12(20)8-13(16)15-10-18-21-6-7-26(18)19(22-15)23-17-9-14(24-25-17)11-2-3-11/h4-11H,2-3H2,1H3,(H2,22,23,24,25). The first-order valence-corrected chi connectivity index (χ1v) is 9.09. The quantitative estimate of drug-likeness (QED) is 0.536. The summed E-state index contributed by atoms with van der Waals surface area (Å²) in [5, 5.41) is 11.4. The van der Waals surface area contributed by atoms with Gasteiger partial charge in [-0.3, -0.25) is 9.50 Å². The van der Waals surface area contributed by atoms with Gasteiger partial charge in [0, 0.05) is 46.7 Å². The fraction of sp³-hybridized carbons (Fsp3) is 0.211. The van der Waals surface area contributed by atoms with E-state index in [1.54, 1.807) is 19.4 Å². The molecular formula is C19H17ClN6O. The van der Waals surface area contributed by atoms with Crippen molar-refractivity contribution in [2.24, 2.45) is 0 Å². The smallest absolute Gasteiger partial charge is 0.215 e. The zero-order valence-corrected chi connectivity index (χ0v) is 15.4. The van der Waals surface area contributed by atoms with Gasteiger partial charge < -0.3 is 10.1 Å². The number of anilines is 2. The number of aromatic amines is 1. The van der Waals surface area contributed by atoms with Crippen LogP contribution in [0.3, 0.4) is 0 Å². The molecule has 136 valence electrons. The third kappa shape index (κ3) is 3.00. The molecule has 1 saturated carbocycles. The van der Waals surface area contributed by atoms with Crippen molar-refractivity contribution in [3.8, 4) is 17.0 Å². The molecule has 1 aliphatic rings. The monoisotopic (exact) mass is 380 g/mol. The topological polar surface area (TPSA) is 80.1 Å². The second kappa shape index (κ2) is 6.28. The van der Waals surface area contributed by atoms with Crippen LogP contribution in [-0.4, -0.2) is 31.7 Å². The second-order valence-electron chi connectivity index (χ2n) is 6.57. The van der Waals surface area contributed by atoms with Crippen LogP contribution in [0.2, 0.25) is 5.02 Å². The summed E-state index contributed by atoms with van der Waals surface area (Å²) in [4.78, 5) is 9.19. The van der Waals surface area contributed by atoms with Crippen molar-refractivity contribution in [3.05, 3.63) is 53.4 Å². The molecule has 0 saturated heterocycles. The number of hydrogen-bond donors (Lipinski definition) is 2. The number of methoxy groups -OCH3 is 1. The van der Waals surface area contributed by atoms with Gasteiger partial charge in [0.05, 0.1) is 12.8 Å². The summed E-state index contributed by atoms with van der Waals surface area (Å²) in [6, 6.07) is 9.40. The minimum atomic E-state index is 0.608. The maximum absolute atomic E-state index is 6.19. The molecule has 0 amide bonds. The van der Waals surface area contributed by atoms with E-state index in [-0.39, 0.29) is 0 Å². The SMILES string of the molecule is COc1ccc(Cl)cc1-c1cc2nccn2c(Nc2cc(C3CC3)[nH]n2)n1. The molecule has 1 fully saturated rings. The van der Waals surface area contributed by atoms with Crippen molar-refractivity contribution in [3.63, 3.8) is 0 Å². The molecule has 3 aromatic heterocycles. The lowest BCUT2D eigenvalue weighted by molar-refractivity contribution is 0.416. The number of aromatic nitrogens is 5. The van der Waals surface area contributed by atoms with Gasteiger partial charge >= 0.3 is 0 Å². The zero-order chi connectivity index (χ0) is 18.4. The Hall–Kier alpha value is -3.06. The molecule has 1 aromatic carbocycles. The lowest BCUT2D eigenvalue weighted by atomic mass is 10.1. The van der Waals surface area contributed by atoms with Gasteiger partial charge in [0.2, 0.25) is 5.95 Å². The van der Waals surface area contributed by atoms with E-state index in [2.05, 4.69) is 20.5 Å². The number of H-pyrrole nitrogens is 1. The first kappa shape index (κ1) is 16.1. The molecule has 8 heteroatoms. The minimum Gasteiger partial charge on any atom is -0.496 e. The number of nitrogens with zero attached hydrogens (tertiary/aromatic N) is 4. The molecule has 0 atom stereocenters. The Morgan fingerprint density at radius 2 is 2.15 bits per heavy atom. The van der Waals surface area contributed by atoms with E-state index in [4.69, 9.17) is 21.3 Å². The van der Waals surface area contributed by atoms with Gasteiger partial charge in [0.1, 0.15) is 11.4 Å². The van der Waals surface area contributed by atoms with E-state index in [0.29, 0.717) is 28.3 Å². The molecule has 27 heavy (non-hydrogen) atoms. The Morgan fingerprint density at radius 1 is 1.26 bits per heavy atom. The van der Waals surface area contributed by atoms with Gasteiger partial charge in [-0.05, 0) is 31.0 Å². The molecular weight excluding hydrogens is 364 g/mol. The molecule has 0 unspecified atom stereocenters. The number of fused-ring (bicyclic) bond motifs is 1. The van der Waals surface area contributed by atoms with Gasteiger partial charge in [-0.1, -0.05) is 11.6 Å². The van der Waals surface area contributed by atoms with Crippen LogP contribution in [0, 0.1) is 0 Å². The van der Waals surface area contributed by atoms with Crippen LogP contribution in [0.5, 0.6) is 5.75 Å².